The van der Waals surface area contributed by atoms with Gasteiger partial charge in [-0.3, -0.25) is 14.3 Å². The molecule has 3 heterocycles. The summed E-state index contributed by atoms with van der Waals surface area (Å²) in [5, 5.41) is 0.720. The van der Waals surface area contributed by atoms with E-state index in [1.807, 2.05) is 28.8 Å². The summed E-state index contributed by atoms with van der Waals surface area (Å²) in [6.45, 7) is 0.913. The number of fused-ring (bicyclic) bond motifs is 1. The van der Waals surface area contributed by atoms with Crippen molar-refractivity contribution in [2.24, 2.45) is 0 Å². The van der Waals surface area contributed by atoms with Crippen molar-refractivity contribution in [3.63, 3.8) is 0 Å². The van der Waals surface area contributed by atoms with Gasteiger partial charge in [-0.25, -0.2) is 9.97 Å². The minimum atomic E-state index is 0.0691. The van der Waals surface area contributed by atoms with Crippen molar-refractivity contribution in [1.82, 2.24) is 19.5 Å². The van der Waals surface area contributed by atoms with Gasteiger partial charge in [-0.1, -0.05) is 25.0 Å². The minimum Gasteiger partial charge on any atom is -0.345 e. The molecule has 3 aromatic rings. The van der Waals surface area contributed by atoms with Gasteiger partial charge in [0, 0.05) is 25.0 Å². The zero-order chi connectivity index (χ0) is 18.2. The Balaban J connectivity index is 1.69. The number of aromatic nitrogens is 4. The van der Waals surface area contributed by atoms with Crippen molar-refractivity contribution < 1.29 is 0 Å². The number of hydrogen-bond acceptors (Lipinski definition) is 5. The highest BCUT2D eigenvalue weighted by Gasteiger charge is 2.33. The molecular weight excluding hydrogens is 338 g/mol. The second-order valence-corrected chi connectivity index (χ2v) is 7.52. The fourth-order valence-corrected chi connectivity index (χ4v) is 4.66. The fourth-order valence-electron chi connectivity index (χ4n) is 4.66. The van der Waals surface area contributed by atoms with Crippen LogP contribution in [-0.2, 0) is 0 Å². The number of anilines is 1. The number of rotatable bonds is 3. The van der Waals surface area contributed by atoms with Crippen LogP contribution in [0.3, 0.4) is 0 Å². The van der Waals surface area contributed by atoms with Crippen LogP contribution in [-0.4, -0.2) is 26.1 Å². The number of para-hydroxylation sites is 1. The lowest BCUT2D eigenvalue weighted by Gasteiger charge is -2.29. The Morgan fingerprint density at radius 3 is 2.67 bits per heavy atom. The number of benzene rings is 1. The highest BCUT2D eigenvalue weighted by molar-refractivity contribution is 5.77. The van der Waals surface area contributed by atoms with Gasteiger partial charge < -0.3 is 4.90 Å². The molecule has 2 aromatic heterocycles. The molecule has 2 fully saturated rings. The van der Waals surface area contributed by atoms with Crippen LogP contribution in [0, 0.1) is 0 Å². The average Bonchev–Trinajstić information content (AvgIpc) is 3.41. The predicted molar refractivity (Wildman–Crippen MR) is 105 cm³/mol. The van der Waals surface area contributed by atoms with Crippen molar-refractivity contribution in [2.75, 3.05) is 11.4 Å². The van der Waals surface area contributed by atoms with Crippen molar-refractivity contribution in [3.05, 3.63) is 59.0 Å². The van der Waals surface area contributed by atoms with Gasteiger partial charge in [0.15, 0.2) is 0 Å². The topological polar surface area (TPSA) is 63.9 Å². The van der Waals surface area contributed by atoms with Gasteiger partial charge in [0.25, 0.3) is 5.56 Å². The molecule has 2 aliphatic rings. The quantitative estimate of drug-likeness (QED) is 0.713. The molecule has 0 spiro atoms. The van der Waals surface area contributed by atoms with Crippen LogP contribution >= 0.6 is 0 Å². The fraction of sp³-hybridized carbons (Fsp3) is 0.429. The molecule has 1 unspecified atom stereocenters. The molecule has 0 N–H and O–H groups in total. The largest absolute Gasteiger partial charge is 0.345 e. The molecule has 6 heteroatoms. The molecule has 5 rings (SSSR count). The van der Waals surface area contributed by atoms with E-state index in [1.165, 1.54) is 12.8 Å². The van der Waals surface area contributed by atoms with Crippen molar-refractivity contribution in [2.45, 2.75) is 50.6 Å². The molecular formula is C21H23N5O. The van der Waals surface area contributed by atoms with Crippen LogP contribution in [0.2, 0.25) is 0 Å². The third-order valence-corrected chi connectivity index (χ3v) is 5.92. The van der Waals surface area contributed by atoms with Crippen LogP contribution in [0.1, 0.15) is 56.4 Å². The molecule has 27 heavy (non-hydrogen) atoms. The first kappa shape index (κ1) is 16.4. The van der Waals surface area contributed by atoms with Gasteiger partial charge in [0.1, 0.15) is 11.6 Å². The second kappa shape index (κ2) is 6.76. The molecule has 6 nitrogen and oxygen atoms in total. The number of hydrogen-bond donors (Lipinski definition) is 0. The van der Waals surface area contributed by atoms with Crippen LogP contribution in [0.5, 0.6) is 0 Å². The smallest absolute Gasteiger partial charge is 0.261 e. The Morgan fingerprint density at radius 2 is 1.85 bits per heavy atom. The van der Waals surface area contributed by atoms with Gasteiger partial charge in [-0.2, -0.15) is 0 Å². The Hall–Kier alpha value is -2.76. The van der Waals surface area contributed by atoms with Crippen molar-refractivity contribution >= 4 is 16.7 Å². The molecule has 1 aromatic carbocycles. The molecule has 0 radical (unpaired) electrons. The maximum atomic E-state index is 13.4. The molecule has 1 aliphatic carbocycles. The number of nitrogens with zero attached hydrogens (tertiary/aromatic N) is 5. The summed E-state index contributed by atoms with van der Waals surface area (Å²) in [6.07, 6.45) is 11.7. The molecule has 0 amide bonds. The summed E-state index contributed by atoms with van der Waals surface area (Å²) in [7, 11) is 0. The molecule has 1 saturated heterocycles. The van der Waals surface area contributed by atoms with E-state index in [0.29, 0.717) is 0 Å². The minimum absolute atomic E-state index is 0.0691. The lowest BCUT2D eigenvalue weighted by atomic mass is 10.1. The third-order valence-electron chi connectivity index (χ3n) is 5.92. The summed E-state index contributed by atoms with van der Waals surface area (Å²) in [5.74, 6) is 1.76. The maximum absolute atomic E-state index is 13.4. The van der Waals surface area contributed by atoms with Gasteiger partial charge in [0.05, 0.1) is 23.1 Å². The Bertz CT molecular complexity index is 1010. The lowest BCUT2D eigenvalue weighted by Crippen LogP contribution is -2.34. The maximum Gasteiger partial charge on any atom is 0.261 e. The lowest BCUT2D eigenvalue weighted by molar-refractivity contribution is 0.454. The Kier molecular flexibility index (Phi) is 4.11. The van der Waals surface area contributed by atoms with Crippen molar-refractivity contribution in [1.29, 1.82) is 0 Å². The van der Waals surface area contributed by atoms with Crippen LogP contribution in [0.15, 0.2) is 47.7 Å². The normalized spacial score (nSPS) is 20.6. The van der Waals surface area contributed by atoms with Crippen molar-refractivity contribution in [3.8, 4) is 0 Å². The van der Waals surface area contributed by atoms with E-state index in [0.717, 1.165) is 54.8 Å². The van der Waals surface area contributed by atoms with E-state index in [1.54, 1.807) is 18.6 Å². The summed E-state index contributed by atoms with van der Waals surface area (Å²) >= 11 is 0. The first-order valence-corrected chi connectivity index (χ1v) is 9.87. The SMILES string of the molecule is O=c1c2ccccc2nc(C2CCCN2c2cnccn2)n1C1CCCC1. The Labute approximate surface area is 157 Å². The average molecular weight is 361 g/mol. The van der Waals surface area contributed by atoms with E-state index < -0.39 is 0 Å². The van der Waals surface area contributed by atoms with E-state index in [4.69, 9.17) is 4.98 Å². The highest BCUT2D eigenvalue weighted by Crippen LogP contribution is 2.37. The Morgan fingerprint density at radius 1 is 1.00 bits per heavy atom. The standard InChI is InChI=1S/C21H23N5O/c27-21-16-8-3-4-9-17(16)24-20(26(21)15-6-1-2-7-15)18-10-5-13-25(18)19-14-22-11-12-23-19/h3-4,8-9,11-12,14-15,18H,1-2,5-7,10,13H2. The van der Waals surface area contributed by atoms with Gasteiger partial charge in [-0.15, -0.1) is 0 Å². The molecule has 1 aliphatic heterocycles. The van der Waals surface area contributed by atoms with Gasteiger partial charge >= 0.3 is 0 Å². The second-order valence-electron chi connectivity index (χ2n) is 7.52. The summed E-state index contributed by atoms with van der Waals surface area (Å²) in [5.41, 5.74) is 0.895. The van der Waals surface area contributed by atoms with Crippen LogP contribution in [0.25, 0.3) is 10.9 Å². The summed E-state index contributed by atoms with van der Waals surface area (Å²) in [6, 6.07) is 8.04. The van der Waals surface area contributed by atoms with Gasteiger partial charge in [-0.05, 0) is 37.8 Å². The van der Waals surface area contributed by atoms with Crippen LogP contribution in [0.4, 0.5) is 5.82 Å². The summed E-state index contributed by atoms with van der Waals surface area (Å²) in [4.78, 5) is 29.4. The first-order chi connectivity index (χ1) is 13.3. The van der Waals surface area contributed by atoms with E-state index in [-0.39, 0.29) is 17.6 Å². The summed E-state index contributed by atoms with van der Waals surface area (Å²) < 4.78 is 2.01. The van der Waals surface area contributed by atoms with E-state index in [2.05, 4.69) is 14.9 Å². The van der Waals surface area contributed by atoms with E-state index in [9.17, 15) is 4.79 Å². The molecule has 0 bridgehead atoms. The van der Waals surface area contributed by atoms with E-state index >= 15 is 0 Å². The zero-order valence-corrected chi connectivity index (χ0v) is 15.3. The monoisotopic (exact) mass is 361 g/mol. The molecule has 1 saturated carbocycles. The molecule has 138 valence electrons. The predicted octanol–water partition coefficient (Wildman–Crippen LogP) is 3.64. The zero-order valence-electron chi connectivity index (χ0n) is 15.3. The molecule has 1 atom stereocenters. The third kappa shape index (κ3) is 2.80. The van der Waals surface area contributed by atoms with Crippen LogP contribution < -0.4 is 10.5 Å². The van der Waals surface area contributed by atoms with Gasteiger partial charge in [0.2, 0.25) is 0 Å². The highest BCUT2D eigenvalue weighted by atomic mass is 16.1. The first-order valence-electron chi connectivity index (χ1n) is 9.87.